The number of amides is 2. The van der Waals surface area contributed by atoms with E-state index < -0.39 is 11.9 Å². The molecule has 0 bridgehead atoms. The van der Waals surface area contributed by atoms with Crippen molar-refractivity contribution in [1.29, 1.82) is 0 Å². The average molecular weight is 254 g/mol. The molecular weight excluding hydrogens is 236 g/mol. The standard InChI is InChI=1S/C11H18N4O3/c1-2-3-9(10(16)17)7-13-11(18)12-4-8-5-14-15-6-8/h5-6,9H,2-4,7H2,1H3,(H,14,15)(H,16,17)(H2,12,13,18). The number of hydrogen-bond acceptors (Lipinski definition) is 3. The van der Waals surface area contributed by atoms with Crippen LogP contribution >= 0.6 is 0 Å². The van der Waals surface area contributed by atoms with Gasteiger partial charge >= 0.3 is 12.0 Å². The van der Waals surface area contributed by atoms with Crippen molar-refractivity contribution < 1.29 is 14.7 Å². The first-order valence-electron chi connectivity index (χ1n) is 5.85. The highest BCUT2D eigenvalue weighted by Gasteiger charge is 2.16. The van der Waals surface area contributed by atoms with Crippen molar-refractivity contribution in [2.24, 2.45) is 5.92 Å². The number of aromatic amines is 1. The highest BCUT2D eigenvalue weighted by molar-refractivity contribution is 5.75. The Balaban J connectivity index is 2.25. The van der Waals surface area contributed by atoms with Crippen LogP contribution in [0.5, 0.6) is 0 Å². The second-order valence-electron chi connectivity index (χ2n) is 3.99. The smallest absolute Gasteiger partial charge is 0.315 e. The number of nitrogens with zero attached hydrogens (tertiary/aromatic N) is 1. The number of aliphatic carboxylic acids is 1. The number of urea groups is 1. The van der Waals surface area contributed by atoms with Gasteiger partial charge in [0.25, 0.3) is 0 Å². The molecule has 0 aliphatic carbocycles. The zero-order valence-electron chi connectivity index (χ0n) is 10.3. The van der Waals surface area contributed by atoms with Gasteiger partial charge in [0, 0.05) is 24.8 Å². The van der Waals surface area contributed by atoms with Crippen molar-refractivity contribution >= 4 is 12.0 Å². The Labute approximate surface area is 105 Å². The van der Waals surface area contributed by atoms with Gasteiger partial charge in [-0.25, -0.2) is 4.79 Å². The highest BCUT2D eigenvalue weighted by atomic mass is 16.4. The van der Waals surface area contributed by atoms with Gasteiger partial charge in [-0.3, -0.25) is 9.89 Å². The second kappa shape index (κ2) is 7.31. The van der Waals surface area contributed by atoms with Gasteiger partial charge in [0.2, 0.25) is 0 Å². The summed E-state index contributed by atoms with van der Waals surface area (Å²) in [5.41, 5.74) is 0.855. The molecule has 1 aromatic heterocycles. The van der Waals surface area contributed by atoms with Gasteiger partial charge in [-0.2, -0.15) is 5.10 Å². The van der Waals surface area contributed by atoms with Gasteiger partial charge in [0.15, 0.2) is 0 Å². The van der Waals surface area contributed by atoms with Gasteiger partial charge in [-0.15, -0.1) is 0 Å². The summed E-state index contributed by atoms with van der Waals surface area (Å²) in [6.45, 7) is 2.41. The first-order chi connectivity index (χ1) is 8.63. The molecule has 1 heterocycles. The number of carboxylic acid groups (broad SMARTS) is 1. The zero-order valence-corrected chi connectivity index (χ0v) is 10.3. The Morgan fingerprint density at radius 2 is 2.28 bits per heavy atom. The molecule has 0 fully saturated rings. The zero-order chi connectivity index (χ0) is 13.4. The predicted molar refractivity (Wildman–Crippen MR) is 64.9 cm³/mol. The van der Waals surface area contributed by atoms with E-state index in [1.807, 2.05) is 6.92 Å². The van der Waals surface area contributed by atoms with Crippen LogP contribution in [0, 0.1) is 5.92 Å². The minimum Gasteiger partial charge on any atom is -0.481 e. The van der Waals surface area contributed by atoms with Gasteiger partial charge in [-0.1, -0.05) is 13.3 Å². The Hall–Kier alpha value is -2.05. The molecule has 100 valence electrons. The molecule has 1 unspecified atom stereocenters. The van der Waals surface area contributed by atoms with Crippen molar-refractivity contribution in [1.82, 2.24) is 20.8 Å². The van der Waals surface area contributed by atoms with Crippen LogP contribution < -0.4 is 10.6 Å². The van der Waals surface area contributed by atoms with Crippen LogP contribution in [0.4, 0.5) is 4.79 Å². The van der Waals surface area contributed by atoms with Crippen molar-refractivity contribution in [3.8, 4) is 0 Å². The topological polar surface area (TPSA) is 107 Å². The fourth-order valence-corrected chi connectivity index (χ4v) is 1.50. The van der Waals surface area contributed by atoms with Crippen LogP contribution in [-0.2, 0) is 11.3 Å². The molecule has 4 N–H and O–H groups in total. The minimum absolute atomic E-state index is 0.139. The van der Waals surface area contributed by atoms with Crippen molar-refractivity contribution in [3.05, 3.63) is 18.0 Å². The first kappa shape index (κ1) is 14.0. The number of H-pyrrole nitrogens is 1. The van der Waals surface area contributed by atoms with Crippen molar-refractivity contribution in [2.45, 2.75) is 26.3 Å². The lowest BCUT2D eigenvalue weighted by Crippen LogP contribution is -2.39. The molecule has 7 heteroatoms. The molecule has 0 radical (unpaired) electrons. The SMILES string of the molecule is CCCC(CNC(=O)NCc1cn[nH]c1)C(=O)O. The largest absolute Gasteiger partial charge is 0.481 e. The summed E-state index contributed by atoms with van der Waals surface area (Å²) in [4.78, 5) is 22.3. The van der Waals surface area contributed by atoms with Crippen LogP contribution in [0.1, 0.15) is 25.3 Å². The summed E-state index contributed by atoms with van der Waals surface area (Å²) in [5, 5.41) is 20.5. The summed E-state index contributed by atoms with van der Waals surface area (Å²) < 4.78 is 0. The number of carboxylic acids is 1. The van der Waals surface area contributed by atoms with E-state index in [2.05, 4.69) is 20.8 Å². The van der Waals surface area contributed by atoms with E-state index in [0.717, 1.165) is 12.0 Å². The van der Waals surface area contributed by atoms with Crippen LogP contribution in [0.3, 0.4) is 0 Å². The fraction of sp³-hybridized carbons (Fsp3) is 0.545. The van der Waals surface area contributed by atoms with Gasteiger partial charge in [0.1, 0.15) is 0 Å². The number of hydrogen-bond donors (Lipinski definition) is 4. The summed E-state index contributed by atoms with van der Waals surface area (Å²) >= 11 is 0. The summed E-state index contributed by atoms with van der Waals surface area (Å²) in [7, 11) is 0. The summed E-state index contributed by atoms with van der Waals surface area (Å²) in [5.74, 6) is -1.42. The summed E-state index contributed by atoms with van der Waals surface area (Å²) in [6, 6.07) is -0.376. The normalized spacial score (nSPS) is 11.8. The van der Waals surface area contributed by atoms with Crippen molar-refractivity contribution in [3.63, 3.8) is 0 Å². The molecule has 2 amide bonds. The summed E-state index contributed by atoms with van der Waals surface area (Å²) in [6.07, 6.45) is 4.61. The molecule has 18 heavy (non-hydrogen) atoms. The lowest BCUT2D eigenvalue weighted by atomic mass is 10.0. The van der Waals surface area contributed by atoms with Crippen molar-refractivity contribution in [2.75, 3.05) is 6.54 Å². The van der Waals surface area contributed by atoms with Gasteiger partial charge < -0.3 is 15.7 Å². The maximum atomic E-state index is 11.4. The van der Waals surface area contributed by atoms with E-state index in [4.69, 9.17) is 5.11 Å². The number of nitrogens with one attached hydrogen (secondary N) is 3. The molecular formula is C11H18N4O3. The quantitative estimate of drug-likeness (QED) is 0.574. The maximum absolute atomic E-state index is 11.4. The van der Waals surface area contributed by atoms with E-state index in [0.29, 0.717) is 13.0 Å². The third kappa shape index (κ3) is 4.86. The number of aromatic nitrogens is 2. The van der Waals surface area contributed by atoms with Crippen LogP contribution in [-0.4, -0.2) is 33.8 Å². The maximum Gasteiger partial charge on any atom is 0.315 e. The average Bonchev–Trinajstić information content (AvgIpc) is 2.84. The van der Waals surface area contributed by atoms with Crippen LogP contribution in [0.15, 0.2) is 12.4 Å². The Morgan fingerprint density at radius 1 is 1.50 bits per heavy atom. The van der Waals surface area contributed by atoms with Crippen LogP contribution in [0.2, 0.25) is 0 Å². The number of carbonyl (C=O) groups is 2. The molecule has 7 nitrogen and oxygen atoms in total. The monoisotopic (exact) mass is 254 g/mol. The van der Waals surface area contributed by atoms with E-state index in [1.165, 1.54) is 0 Å². The van der Waals surface area contributed by atoms with E-state index in [1.54, 1.807) is 12.4 Å². The lowest BCUT2D eigenvalue weighted by molar-refractivity contribution is -0.141. The molecule has 0 spiro atoms. The Bertz CT molecular complexity index is 378. The van der Waals surface area contributed by atoms with Gasteiger partial charge in [-0.05, 0) is 6.42 Å². The minimum atomic E-state index is -0.882. The fourth-order valence-electron chi connectivity index (χ4n) is 1.50. The Morgan fingerprint density at radius 3 is 2.83 bits per heavy atom. The lowest BCUT2D eigenvalue weighted by Gasteiger charge is -2.12. The molecule has 1 atom stereocenters. The third-order valence-corrected chi connectivity index (χ3v) is 2.50. The predicted octanol–water partition coefficient (Wildman–Crippen LogP) is 0.710. The molecule has 0 aliphatic rings. The number of rotatable bonds is 7. The molecule has 1 rings (SSSR count). The third-order valence-electron chi connectivity index (χ3n) is 2.50. The molecule has 0 saturated carbocycles. The van der Waals surface area contributed by atoms with E-state index in [9.17, 15) is 9.59 Å². The number of carbonyl (C=O) groups excluding carboxylic acids is 1. The van der Waals surface area contributed by atoms with E-state index in [-0.39, 0.29) is 12.6 Å². The molecule has 0 aliphatic heterocycles. The first-order valence-corrected chi connectivity index (χ1v) is 5.85. The molecule has 0 saturated heterocycles. The second-order valence-corrected chi connectivity index (χ2v) is 3.99. The molecule has 0 aromatic carbocycles. The van der Waals surface area contributed by atoms with Gasteiger partial charge in [0.05, 0.1) is 12.1 Å². The van der Waals surface area contributed by atoms with E-state index >= 15 is 0 Å². The molecule has 1 aromatic rings. The Kier molecular flexibility index (Phi) is 5.69. The van der Waals surface area contributed by atoms with Crippen LogP contribution in [0.25, 0.3) is 0 Å². The highest BCUT2D eigenvalue weighted by Crippen LogP contribution is 2.04.